The lowest BCUT2D eigenvalue weighted by molar-refractivity contribution is -0.386. The quantitative estimate of drug-likeness (QED) is 0.0252. The molecular formula is C82H156N2O21. The topological polar surface area (TPSA) is 373 Å². The number of rotatable bonds is 69. The first kappa shape index (κ1) is 96.9. The van der Waals surface area contributed by atoms with E-state index in [1.807, 2.05) is 0 Å². The molecule has 2 amide bonds. The highest BCUT2D eigenvalue weighted by atomic mass is 16.8. The molecule has 23 nitrogen and oxygen atoms in total. The van der Waals surface area contributed by atoms with Crippen molar-refractivity contribution in [2.75, 3.05) is 26.4 Å². The van der Waals surface area contributed by atoms with Crippen LogP contribution in [0, 0.1) is 0 Å². The molecule has 0 aromatic carbocycles. The second kappa shape index (κ2) is 61.3. The van der Waals surface area contributed by atoms with Crippen LogP contribution in [0.1, 0.15) is 367 Å². The van der Waals surface area contributed by atoms with Crippen LogP contribution in [0.2, 0.25) is 0 Å². The van der Waals surface area contributed by atoms with E-state index in [1.54, 1.807) is 0 Å². The molecule has 3 heterocycles. The highest BCUT2D eigenvalue weighted by Crippen LogP contribution is 2.39. The molecule has 23 heteroatoms. The van der Waals surface area contributed by atoms with Crippen LogP contribution in [-0.2, 0) is 42.8 Å². The highest BCUT2D eigenvalue weighted by Gasteiger charge is 2.60. The van der Waals surface area contributed by atoms with Gasteiger partial charge in [0.1, 0.15) is 67.1 Å². The van der Waals surface area contributed by atoms with Gasteiger partial charge in [0.15, 0.2) is 12.6 Å². The zero-order chi connectivity index (χ0) is 76.7. The number of nitrogens with one attached hydrogen (secondary N) is 2. The van der Waals surface area contributed by atoms with E-state index >= 15 is 0 Å². The number of hydrogen-bond donors (Lipinski definition) is 14. The fourth-order valence-corrected chi connectivity index (χ4v) is 15.3. The van der Waals surface area contributed by atoms with Gasteiger partial charge in [0.25, 0.3) is 5.79 Å². The number of hydrogen-bond acceptors (Lipinski definition) is 20. The summed E-state index contributed by atoms with van der Waals surface area (Å²) in [7, 11) is 0. The third-order valence-corrected chi connectivity index (χ3v) is 22.1. The van der Waals surface area contributed by atoms with E-state index in [4.69, 9.17) is 28.4 Å². The summed E-state index contributed by atoms with van der Waals surface area (Å²) in [6.45, 7) is 2.29. The Balaban J connectivity index is 1.48. The minimum atomic E-state index is -3.08. The predicted molar refractivity (Wildman–Crippen MR) is 408 cm³/mol. The molecule has 0 saturated carbocycles. The monoisotopic (exact) mass is 1510 g/mol. The van der Waals surface area contributed by atoms with Crippen LogP contribution in [0.15, 0.2) is 0 Å². The van der Waals surface area contributed by atoms with E-state index in [1.165, 1.54) is 270 Å². The lowest BCUT2D eigenvalue weighted by Gasteiger charge is -2.50. The summed E-state index contributed by atoms with van der Waals surface area (Å²) in [6.07, 6.45) is 36.7. The van der Waals surface area contributed by atoms with Crippen molar-refractivity contribution in [2.24, 2.45) is 0 Å². The average Bonchev–Trinajstić information content (AvgIpc) is 0.755. The van der Waals surface area contributed by atoms with Gasteiger partial charge >= 0.3 is 5.97 Å². The smallest absolute Gasteiger partial charge is 0.364 e. The van der Waals surface area contributed by atoms with Gasteiger partial charge in [-0.15, -0.1) is 0 Å². The maximum absolute atomic E-state index is 13.6. The first-order valence-electron chi connectivity index (χ1n) is 42.9. The number of carboxylic acid groups (broad SMARTS) is 1. The summed E-state index contributed by atoms with van der Waals surface area (Å²) >= 11 is 0. The van der Waals surface area contributed by atoms with Gasteiger partial charge in [0, 0.05) is 19.8 Å². The summed E-state index contributed by atoms with van der Waals surface area (Å²) in [5.74, 6) is -6.08. The zero-order valence-corrected chi connectivity index (χ0v) is 65.9. The number of aliphatic hydroxyl groups excluding tert-OH is 11. The lowest BCUT2D eigenvalue weighted by Crippen LogP contribution is -2.70. The van der Waals surface area contributed by atoms with Gasteiger partial charge in [-0.25, -0.2) is 4.79 Å². The van der Waals surface area contributed by atoms with Crippen molar-refractivity contribution in [3.63, 3.8) is 0 Å². The van der Waals surface area contributed by atoms with Crippen molar-refractivity contribution in [1.82, 2.24) is 10.6 Å². The molecule has 3 saturated heterocycles. The molecule has 620 valence electrons. The normalized spacial score (nSPS) is 26.2. The Hall–Kier alpha value is -2.27. The van der Waals surface area contributed by atoms with E-state index in [9.17, 15) is 75.7 Å². The van der Waals surface area contributed by atoms with Crippen molar-refractivity contribution >= 4 is 17.8 Å². The van der Waals surface area contributed by atoms with Crippen molar-refractivity contribution < 1.29 is 104 Å². The molecule has 105 heavy (non-hydrogen) atoms. The number of ether oxygens (including phenoxy) is 6. The largest absolute Gasteiger partial charge is 0.477 e. The van der Waals surface area contributed by atoms with Gasteiger partial charge in [-0.05, 0) is 12.8 Å². The Bertz CT molecular complexity index is 2090. The van der Waals surface area contributed by atoms with E-state index in [0.29, 0.717) is 19.3 Å². The molecule has 3 fully saturated rings. The van der Waals surface area contributed by atoms with Crippen LogP contribution < -0.4 is 10.6 Å². The van der Waals surface area contributed by atoms with Crippen molar-refractivity contribution in [3.05, 3.63) is 0 Å². The number of carbonyl (C=O) groups excluding carboxylic acids is 2. The molecule has 3 rings (SSSR count). The van der Waals surface area contributed by atoms with Crippen molar-refractivity contribution in [3.8, 4) is 0 Å². The van der Waals surface area contributed by atoms with Crippen LogP contribution in [0.25, 0.3) is 0 Å². The predicted octanol–water partition coefficient (Wildman–Crippen LogP) is 12.4. The standard InChI is InChI=1S/C82H156N2O21/c1-4-6-8-10-12-14-16-18-20-22-24-26-28-30-31-32-34-36-38-40-42-44-46-48-50-52-54-56-69(92)84-63(64(89)55-53-51-49-47-45-43-41-39-37-35-33-29-27-25-23-21-19-17-15-13-11-9-7-5-2)61-100-79-74(96)73(95)76(68(60-87)102-79)103-80-75(97)78(72(94)67(59-86)101-80)105-82(81(98)99)57-65(90)70(83-62(3)88)77(104-82)71(93)66(91)58-85/h63-68,70-80,85-87,89-91,93-97H,4-61H2,1-3H3,(H,83,88)(H,84,92)(H,98,99). The Morgan fingerprint density at radius 3 is 1.19 bits per heavy atom. The molecule has 0 spiro atoms. The molecule has 14 N–H and O–H groups in total. The van der Waals surface area contributed by atoms with Crippen LogP contribution in [0.4, 0.5) is 0 Å². The number of amides is 2. The van der Waals surface area contributed by atoms with E-state index in [-0.39, 0.29) is 18.9 Å². The number of unbranched alkanes of at least 4 members (excludes halogenated alkanes) is 49. The number of aliphatic hydroxyl groups is 11. The van der Waals surface area contributed by atoms with Crippen LogP contribution in [0.5, 0.6) is 0 Å². The Morgan fingerprint density at radius 2 is 0.829 bits per heavy atom. The van der Waals surface area contributed by atoms with Crippen molar-refractivity contribution in [2.45, 2.75) is 477 Å². The van der Waals surface area contributed by atoms with Gasteiger partial charge in [0.05, 0.1) is 50.7 Å². The second-order valence-corrected chi connectivity index (χ2v) is 31.4. The minimum Gasteiger partial charge on any atom is -0.477 e. The van der Waals surface area contributed by atoms with E-state index in [0.717, 1.165) is 51.9 Å². The zero-order valence-electron chi connectivity index (χ0n) is 65.9. The summed E-state index contributed by atoms with van der Waals surface area (Å²) in [6, 6.07) is -2.53. The Labute approximate surface area is 633 Å². The summed E-state index contributed by atoms with van der Waals surface area (Å²) in [5, 5.41) is 137. The highest BCUT2D eigenvalue weighted by molar-refractivity contribution is 5.77. The SMILES string of the molecule is CCCCCCCCCCCCCCCCCCCCCCCCCCCCCC(=O)NC(COC1OC(CO)C(OC2OC(CO)C(O)C(OC3(C(=O)O)CC(O)C(NC(C)=O)C(C(O)C(O)CO)O3)C2O)C(O)C1O)C(O)CCCCCCCCCCCCCCCCCCCCCCCCCC. The lowest BCUT2D eigenvalue weighted by atomic mass is 9.88. The van der Waals surface area contributed by atoms with Crippen LogP contribution in [-0.4, -0.2) is 215 Å². The molecule has 3 aliphatic rings. The summed E-state index contributed by atoms with van der Waals surface area (Å²) < 4.78 is 35.0. The minimum absolute atomic E-state index is 0.230. The maximum atomic E-state index is 13.6. The van der Waals surface area contributed by atoms with Gasteiger partial charge < -0.3 is 100 Å². The molecule has 18 atom stereocenters. The molecule has 0 aromatic heterocycles. The molecule has 0 aliphatic carbocycles. The third-order valence-electron chi connectivity index (χ3n) is 22.1. The summed E-state index contributed by atoms with van der Waals surface area (Å²) in [5.41, 5.74) is 0. The summed E-state index contributed by atoms with van der Waals surface area (Å²) in [4.78, 5) is 38.8. The number of carbonyl (C=O) groups is 3. The third kappa shape index (κ3) is 41.2. The van der Waals surface area contributed by atoms with Gasteiger partial charge in [-0.3, -0.25) is 9.59 Å². The molecular weight excluding hydrogens is 1350 g/mol. The van der Waals surface area contributed by atoms with E-state index in [2.05, 4.69) is 24.5 Å². The Morgan fingerprint density at radius 1 is 0.457 bits per heavy atom. The first-order valence-corrected chi connectivity index (χ1v) is 42.9. The maximum Gasteiger partial charge on any atom is 0.364 e. The van der Waals surface area contributed by atoms with Gasteiger partial charge in [0.2, 0.25) is 11.8 Å². The fourth-order valence-electron chi connectivity index (χ4n) is 15.3. The average molecular weight is 1510 g/mol. The van der Waals surface area contributed by atoms with Gasteiger partial charge in [-0.1, -0.05) is 335 Å². The van der Waals surface area contributed by atoms with E-state index < -0.39 is 148 Å². The van der Waals surface area contributed by atoms with Crippen molar-refractivity contribution in [1.29, 1.82) is 0 Å². The molecule has 0 bridgehead atoms. The second-order valence-electron chi connectivity index (χ2n) is 31.4. The van der Waals surface area contributed by atoms with Crippen LogP contribution >= 0.6 is 0 Å². The van der Waals surface area contributed by atoms with Crippen LogP contribution in [0.3, 0.4) is 0 Å². The number of carboxylic acids is 1. The molecule has 0 radical (unpaired) electrons. The fraction of sp³-hybridized carbons (Fsp3) is 0.963. The molecule has 18 unspecified atom stereocenters. The number of aliphatic carboxylic acids is 1. The molecule has 3 aliphatic heterocycles. The Kier molecular flexibility index (Phi) is 56.6. The van der Waals surface area contributed by atoms with Gasteiger partial charge in [-0.2, -0.15) is 0 Å². The molecule has 0 aromatic rings. The first-order chi connectivity index (χ1) is 50.9.